The molecule has 18 heavy (non-hydrogen) atoms. The Morgan fingerprint density at radius 1 is 1.39 bits per heavy atom. The molecule has 0 atom stereocenters. The Bertz CT molecular complexity index is 590. The van der Waals surface area contributed by atoms with Crippen molar-refractivity contribution in [2.45, 2.75) is 18.8 Å². The highest BCUT2D eigenvalue weighted by Crippen LogP contribution is 2.38. The molecule has 0 radical (unpaired) electrons. The van der Waals surface area contributed by atoms with Gasteiger partial charge in [0.15, 0.2) is 0 Å². The summed E-state index contributed by atoms with van der Waals surface area (Å²) in [6.45, 7) is 0. The van der Waals surface area contributed by atoms with Crippen molar-refractivity contribution >= 4 is 16.9 Å². The molecule has 0 spiro atoms. The number of nitrogens with zero attached hydrogens (tertiary/aromatic N) is 1. The molecule has 1 heterocycles. The fraction of sp³-hybridized carbons (Fsp3) is 0.308. The van der Waals surface area contributed by atoms with Crippen LogP contribution in [0.2, 0.25) is 0 Å². The SMILES string of the molecule is Cn1cc(C(F)(F)CCC(=O)O)c2ccccc21. The van der Waals surface area contributed by atoms with Crippen LogP contribution in [0, 0.1) is 0 Å². The summed E-state index contributed by atoms with van der Waals surface area (Å²) in [4.78, 5) is 10.4. The van der Waals surface area contributed by atoms with Crippen LogP contribution in [0.25, 0.3) is 10.9 Å². The smallest absolute Gasteiger partial charge is 0.303 e. The predicted molar refractivity (Wildman–Crippen MR) is 63.7 cm³/mol. The van der Waals surface area contributed by atoms with Crippen LogP contribution in [-0.4, -0.2) is 15.6 Å². The Kier molecular flexibility index (Phi) is 3.07. The van der Waals surface area contributed by atoms with E-state index >= 15 is 0 Å². The predicted octanol–water partition coefficient (Wildman–Crippen LogP) is 3.13. The minimum atomic E-state index is -3.13. The number of aryl methyl sites for hydroxylation is 1. The normalized spacial score (nSPS) is 11.9. The van der Waals surface area contributed by atoms with E-state index in [1.807, 2.05) is 0 Å². The van der Waals surface area contributed by atoms with Crippen molar-refractivity contribution in [3.63, 3.8) is 0 Å². The topological polar surface area (TPSA) is 42.2 Å². The van der Waals surface area contributed by atoms with E-state index in [0.717, 1.165) is 0 Å². The number of aliphatic carboxylic acids is 1. The molecule has 0 aliphatic rings. The number of aromatic nitrogens is 1. The average molecular weight is 253 g/mol. The Morgan fingerprint density at radius 3 is 2.72 bits per heavy atom. The van der Waals surface area contributed by atoms with Gasteiger partial charge in [-0.2, -0.15) is 0 Å². The standard InChI is InChI=1S/C13H13F2NO2/c1-16-8-10(9-4-2-3-5-11(9)16)13(14,15)7-6-12(17)18/h2-5,8H,6-7H2,1H3,(H,17,18). The van der Waals surface area contributed by atoms with Crippen LogP contribution in [-0.2, 0) is 17.8 Å². The fourth-order valence-corrected chi connectivity index (χ4v) is 2.03. The maximum Gasteiger partial charge on any atom is 0.303 e. The quantitative estimate of drug-likeness (QED) is 0.909. The van der Waals surface area contributed by atoms with Gasteiger partial charge < -0.3 is 9.67 Å². The second-order valence-electron chi connectivity index (χ2n) is 4.27. The van der Waals surface area contributed by atoms with Gasteiger partial charge in [0.25, 0.3) is 5.92 Å². The highest BCUT2D eigenvalue weighted by Gasteiger charge is 2.34. The number of halogens is 2. The molecule has 0 saturated carbocycles. The number of benzene rings is 1. The number of carboxylic acids is 1. The summed E-state index contributed by atoms with van der Waals surface area (Å²) >= 11 is 0. The molecule has 1 N–H and O–H groups in total. The van der Waals surface area contributed by atoms with E-state index in [0.29, 0.717) is 10.9 Å². The van der Waals surface area contributed by atoms with Crippen LogP contribution in [0.15, 0.2) is 30.5 Å². The summed E-state index contributed by atoms with van der Waals surface area (Å²) in [6.07, 6.45) is 0.138. The van der Waals surface area contributed by atoms with Crippen LogP contribution in [0.4, 0.5) is 8.78 Å². The Balaban J connectivity index is 2.43. The zero-order valence-electron chi connectivity index (χ0n) is 9.86. The summed E-state index contributed by atoms with van der Waals surface area (Å²) in [7, 11) is 1.69. The lowest BCUT2D eigenvalue weighted by atomic mass is 10.0. The first kappa shape index (κ1) is 12.5. The number of carbonyl (C=O) groups is 1. The maximum atomic E-state index is 14.0. The Hall–Kier alpha value is -1.91. The van der Waals surface area contributed by atoms with Crippen molar-refractivity contribution in [3.8, 4) is 0 Å². The second-order valence-corrected chi connectivity index (χ2v) is 4.27. The molecule has 2 rings (SSSR count). The largest absolute Gasteiger partial charge is 0.481 e. The Morgan fingerprint density at radius 2 is 2.06 bits per heavy atom. The van der Waals surface area contributed by atoms with E-state index in [2.05, 4.69) is 0 Å². The van der Waals surface area contributed by atoms with Gasteiger partial charge >= 0.3 is 5.97 Å². The molecule has 0 amide bonds. The third kappa shape index (κ3) is 2.20. The van der Waals surface area contributed by atoms with Gasteiger partial charge in [0, 0.05) is 36.1 Å². The molecule has 5 heteroatoms. The third-order valence-electron chi connectivity index (χ3n) is 2.94. The van der Waals surface area contributed by atoms with Gasteiger partial charge in [-0.25, -0.2) is 8.78 Å². The number of rotatable bonds is 4. The number of fused-ring (bicyclic) bond motifs is 1. The summed E-state index contributed by atoms with van der Waals surface area (Å²) in [5.41, 5.74) is 0.601. The van der Waals surface area contributed by atoms with E-state index in [-0.39, 0.29) is 5.56 Å². The molecular formula is C13H13F2NO2. The van der Waals surface area contributed by atoms with Gasteiger partial charge in [-0.15, -0.1) is 0 Å². The van der Waals surface area contributed by atoms with Crippen molar-refractivity contribution in [1.29, 1.82) is 0 Å². The zero-order valence-corrected chi connectivity index (χ0v) is 9.86. The van der Waals surface area contributed by atoms with Gasteiger partial charge in [-0.1, -0.05) is 18.2 Å². The highest BCUT2D eigenvalue weighted by molar-refractivity contribution is 5.84. The van der Waals surface area contributed by atoms with E-state index in [1.165, 1.54) is 6.20 Å². The number of hydrogen-bond donors (Lipinski definition) is 1. The van der Waals surface area contributed by atoms with E-state index in [4.69, 9.17) is 5.11 Å². The number of para-hydroxylation sites is 1. The first-order valence-electron chi connectivity index (χ1n) is 5.56. The van der Waals surface area contributed by atoms with E-state index in [1.54, 1.807) is 35.9 Å². The lowest BCUT2D eigenvalue weighted by Crippen LogP contribution is -2.15. The van der Waals surface area contributed by atoms with Crippen molar-refractivity contribution in [1.82, 2.24) is 4.57 Å². The third-order valence-corrected chi connectivity index (χ3v) is 2.94. The second kappa shape index (κ2) is 4.40. The van der Waals surface area contributed by atoms with Crippen LogP contribution in [0.1, 0.15) is 18.4 Å². The monoisotopic (exact) mass is 253 g/mol. The molecule has 1 aromatic carbocycles. The van der Waals surface area contributed by atoms with Gasteiger partial charge in [0.1, 0.15) is 0 Å². The molecule has 0 fully saturated rings. The number of carboxylic acid groups (broad SMARTS) is 1. The van der Waals surface area contributed by atoms with Gasteiger partial charge in [-0.3, -0.25) is 4.79 Å². The molecule has 0 saturated heterocycles. The lowest BCUT2D eigenvalue weighted by molar-refractivity contribution is -0.139. The molecule has 0 aliphatic carbocycles. The van der Waals surface area contributed by atoms with Crippen LogP contribution in [0.5, 0.6) is 0 Å². The maximum absolute atomic E-state index is 14.0. The van der Waals surface area contributed by atoms with Gasteiger partial charge in [0.05, 0.1) is 6.42 Å². The average Bonchev–Trinajstić information content (AvgIpc) is 2.66. The number of alkyl halides is 2. The summed E-state index contributed by atoms with van der Waals surface area (Å²) < 4.78 is 29.6. The molecular weight excluding hydrogens is 240 g/mol. The molecule has 2 aromatic rings. The summed E-state index contributed by atoms with van der Waals surface area (Å²) in [5, 5.41) is 8.97. The van der Waals surface area contributed by atoms with Gasteiger partial charge in [-0.05, 0) is 6.07 Å². The fourth-order valence-electron chi connectivity index (χ4n) is 2.03. The lowest BCUT2D eigenvalue weighted by Gasteiger charge is -2.14. The van der Waals surface area contributed by atoms with Crippen molar-refractivity contribution < 1.29 is 18.7 Å². The highest BCUT2D eigenvalue weighted by atomic mass is 19.3. The van der Waals surface area contributed by atoms with Crippen LogP contribution in [0.3, 0.4) is 0 Å². The molecule has 0 bridgehead atoms. The summed E-state index contributed by atoms with van der Waals surface area (Å²) in [6, 6.07) is 6.85. The first-order chi connectivity index (χ1) is 8.42. The zero-order chi connectivity index (χ0) is 13.3. The number of hydrogen-bond acceptors (Lipinski definition) is 1. The molecule has 0 unspecified atom stereocenters. The van der Waals surface area contributed by atoms with E-state index in [9.17, 15) is 13.6 Å². The Labute approximate surface area is 103 Å². The van der Waals surface area contributed by atoms with Crippen LogP contribution < -0.4 is 0 Å². The molecule has 0 aliphatic heterocycles. The molecule has 1 aromatic heterocycles. The van der Waals surface area contributed by atoms with Crippen molar-refractivity contribution in [2.24, 2.45) is 7.05 Å². The first-order valence-corrected chi connectivity index (χ1v) is 5.56. The minimum absolute atomic E-state index is 0.109. The van der Waals surface area contributed by atoms with Crippen LogP contribution >= 0.6 is 0 Å². The molecule has 3 nitrogen and oxygen atoms in total. The van der Waals surface area contributed by atoms with Crippen molar-refractivity contribution in [2.75, 3.05) is 0 Å². The van der Waals surface area contributed by atoms with Crippen molar-refractivity contribution in [3.05, 3.63) is 36.0 Å². The molecule has 96 valence electrons. The summed E-state index contributed by atoms with van der Waals surface area (Å²) in [5.74, 6) is -4.34. The van der Waals surface area contributed by atoms with E-state index < -0.39 is 24.7 Å². The minimum Gasteiger partial charge on any atom is -0.481 e. The van der Waals surface area contributed by atoms with Gasteiger partial charge in [0.2, 0.25) is 0 Å².